The maximum atomic E-state index is 9.41. The van der Waals surface area contributed by atoms with Crippen LogP contribution in [0.1, 0.15) is 21.9 Å². The molecule has 0 fully saturated rings. The first-order valence-electron chi connectivity index (χ1n) is 22.1. The van der Waals surface area contributed by atoms with Gasteiger partial charge in [0.05, 0.1) is 44.0 Å². The first-order valence-corrected chi connectivity index (χ1v) is 14.1. The summed E-state index contributed by atoms with van der Waals surface area (Å²) >= 11 is 0. The zero-order valence-corrected chi connectivity index (χ0v) is 23.1. The summed E-state index contributed by atoms with van der Waals surface area (Å²) in [5, 5.41) is 2.41. The standard InChI is InChI=1S/C42H26N2O/c1-5-13-37-31(9-1)32-10-2-6-14-38(32)43(37)29-21-17-27(18-22-29)28-19-23-30(24-20-28)44-39-15-7-3-11-33(39)35-25-26-36-34-12-4-8-16-40(34)45-42(36)41(35)44/h1-26H/i1D,2D,5D,6D,9D,10D,13D,14D,17D,18D,19D,20D,21D,22D,23D,24D. The van der Waals surface area contributed by atoms with Crippen molar-refractivity contribution in [1.82, 2.24) is 9.13 Å². The zero-order valence-electron chi connectivity index (χ0n) is 39.1. The van der Waals surface area contributed by atoms with Crippen LogP contribution in [-0.2, 0) is 0 Å². The quantitative estimate of drug-likeness (QED) is 0.201. The van der Waals surface area contributed by atoms with Crippen LogP contribution < -0.4 is 0 Å². The lowest BCUT2D eigenvalue weighted by Gasteiger charge is -2.11. The normalized spacial score (nSPS) is 17.0. The molecule has 3 nitrogen and oxygen atoms in total. The first kappa shape index (κ1) is 13.7. The topological polar surface area (TPSA) is 23.0 Å². The number of hydrogen-bond donors (Lipinski definition) is 0. The van der Waals surface area contributed by atoms with Crippen molar-refractivity contribution in [2.45, 2.75) is 0 Å². The Morgan fingerprint density at radius 3 is 1.67 bits per heavy atom. The highest BCUT2D eigenvalue weighted by Gasteiger charge is 2.19. The Balaban J connectivity index is 1.28. The molecular formula is C42H26N2O. The third kappa shape index (κ3) is 3.46. The molecule has 0 saturated carbocycles. The van der Waals surface area contributed by atoms with Crippen LogP contribution in [0.3, 0.4) is 0 Å². The van der Waals surface area contributed by atoms with Crippen molar-refractivity contribution in [2.75, 3.05) is 0 Å². The van der Waals surface area contributed by atoms with Crippen molar-refractivity contribution in [3.63, 3.8) is 0 Å². The number of furan rings is 1. The van der Waals surface area contributed by atoms with Crippen molar-refractivity contribution in [3.05, 3.63) is 157 Å². The van der Waals surface area contributed by atoms with Gasteiger partial charge in [-0.1, -0.05) is 103 Å². The van der Waals surface area contributed by atoms with Crippen molar-refractivity contribution in [2.24, 2.45) is 0 Å². The van der Waals surface area contributed by atoms with E-state index in [9.17, 15) is 11.0 Å². The van der Waals surface area contributed by atoms with Crippen LogP contribution in [0, 0.1) is 0 Å². The molecule has 0 radical (unpaired) electrons. The van der Waals surface area contributed by atoms with Gasteiger partial charge in [-0.05, 0) is 65.6 Å². The van der Waals surface area contributed by atoms with Crippen LogP contribution in [-0.4, -0.2) is 9.13 Å². The summed E-state index contributed by atoms with van der Waals surface area (Å²) in [5.41, 5.74) is -0.652. The lowest BCUT2D eigenvalue weighted by Crippen LogP contribution is -1.95. The van der Waals surface area contributed by atoms with Gasteiger partial charge < -0.3 is 13.6 Å². The number of aromatic nitrogens is 2. The van der Waals surface area contributed by atoms with E-state index in [0.29, 0.717) is 22.2 Å². The highest BCUT2D eigenvalue weighted by molar-refractivity contribution is 6.21. The third-order valence-corrected chi connectivity index (χ3v) is 8.13. The van der Waals surface area contributed by atoms with Gasteiger partial charge >= 0.3 is 0 Å². The Bertz CT molecular complexity index is 3540. The molecule has 210 valence electrons. The minimum absolute atomic E-state index is 0.154. The second-order valence-corrected chi connectivity index (χ2v) is 10.5. The molecule has 7 aromatic carbocycles. The van der Waals surface area contributed by atoms with Crippen LogP contribution >= 0.6 is 0 Å². The fourth-order valence-electron chi connectivity index (χ4n) is 6.19. The Morgan fingerprint density at radius 2 is 0.978 bits per heavy atom. The van der Waals surface area contributed by atoms with E-state index in [-0.39, 0.29) is 16.5 Å². The molecule has 3 heterocycles. The van der Waals surface area contributed by atoms with E-state index in [2.05, 4.69) is 0 Å². The van der Waals surface area contributed by atoms with Gasteiger partial charge in [0.1, 0.15) is 5.58 Å². The molecule has 0 aliphatic carbocycles. The molecular weight excluding hydrogens is 548 g/mol. The fourth-order valence-corrected chi connectivity index (χ4v) is 6.19. The number of nitrogens with zero attached hydrogens (tertiary/aromatic N) is 2. The molecule has 10 aromatic rings. The van der Waals surface area contributed by atoms with Crippen LogP contribution in [0.2, 0.25) is 0 Å². The van der Waals surface area contributed by atoms with E-state index in [1.54, 1.807) is 16.7 Å². The second kappa shape index (κ2) is 9.22. The number of para-hydroxylation sites is 4. The molecule has 0 spiro atoms. The van der Waals surface area contributed by atoms with Crippen LogP contribution in [0.5, 0.6) is 0 Å². The van der Waals surface area contributed by atoms with Crippen LogP contribution in [0.4, 0.5) is 0 Å². The van der Waals surface area contributed by atoms with E-state index in [1.807, 2.05) is 48.5 Å². The molecule has 0 saturated heterocycles. The summed E-state index contributed by atoms with van der Waals surface area (Å²) in [6.45, 7) is 0. The van der Waals surface area contributed by atoms with Gasteiger partial charge in [-0.2, -0.15) is 0 Å². The number of benzene rings is 7. The van der Waals surface area contributed by atoms with Gasteiger partial charge in [0.2, 0.25) is 0 Å². The Hall–Kier alpha value is -6.06. The average molecular weight is 591 g/mol. The number of hydrogen-bond acceptors (Lipinski definition) is 1. The summed E-state index contributed by atoms with van der Waals surface area (Å²) in [7, 11) is 0. The summed E-state index contributed by atoms with van der Waals surface area (Å²) in [4.78, 5) is 0. The van der Waals surface area contributed by atoms with Gasteiger partial charge in [-0.3, -0.25) is 0 Å². The SMILES string of the molecule is [2H]c1c([2H])c(-n2c3c([2H])c([2H])c([2H])c([2H])c3c3c([2H])c([2H])c([2H])c([2H])c32)c([2H])c([2H])c1-c1c([2H])c([2H])c(-n2c3ccccc3c3ccc4c5ccccc5oc4c32)c([2H])c1[2H]. The molecule has 10 rings (SSSR count). The Kier molecular flexibility index (Phi) is 2.81. The highest BCUT2D eigenvalue weighted by atomic mass is 16.3. The zero-order chi connectivity index (χ0) is 43.4. The Labute approximate surface area is 281 Å². The smallest absolute Gasteiger partial charge is 0.160 e. The maximum absolute atomic E-state index is 9.41. The van der Waals surface area contributed by atoms with E-state index in [0.717, 1.165) is 26.1 Å². The Morgan fingerprint density at radius 1 is 0.422 bits per heavy atom. The maximum Gasteiger partial charge on any atom is 0.160 e. The lowest BCUT2D eigenvalue weighted by atomic mass is 10.0. The molecule has 0 bridgehead atoms. The summed E-state index contributed by atoms with van der Waals surface area (Å²) < 4.78 is 152. The molecule has 0 unspecified atom stereocenters. The van der Waals surface area contributed by atoms with Gasteiger partial charge in [0.25, 0.3) is 0 Å². The van der Waals surface area contributed by atoms with Gasteiger partial charge in [-0.15, -0.1) is 0 Å². The monoisotopic (exact) mass is 590 g/mol. The van der Waals surface area contributed by atoms with Gasteiger partial charge in [-0.25, -0.2) is 0 Å². The summed E-state index contributed by atoms with van der Waals surface area (Å²) in [6, 6.07) is 7.14. The largest absolute Gasteiger partial charge is 0.454 e. The average Bonchev–Trinajstić information content (AvgIpc) is 3.92. The van der Waals surface area contributed by atoms with Crippen molar-refractivity contribution >= 4 is 65.6 Å². The third-order valence-electron chi connectivity index (χ3n) is 8.13. The first-order chi connectivity index (χ1) is 29.0. The summed E-state index contributed by atoms with van der Waals surface area (Å²) in [5.74, 6) is 0. The molecule has 0 amide bonds. The predicted molar refractivity (Wildman–Crippen MR) is 188 cm³/mol. The van der Waals surface area contributed by atoms with E-state index in [4.69, 9.17) is 15.4 Å². The van der Waals surface area contributed by atoms with Gasteiger partial charge in [0.15, 0.2) is 5.58 Å². The van der Waals surface area contributed by atoms with Crippen LogP contribution in [0.15, 0.2) is 162 Å². The fraction of sp³-hybridized carbons (Fsp3) is 0. The van der Waals surface area contributed by atoms with Crippen molar-refractivity contribution < 1.29 is 26.3 Å². The lowest BCUT2D eigenvalue weighted by molar-refractivity contribution is 0.671. The van der Waals surface area contributed by atoms with Crippen molar-refractivity contribution in [3.8, 4) is 22.5 Å². The molecule has 3 heteroatoms. The number of fused-ring (bicyclic) bond motifs is 10. The van der Waals surface area contributed by atoms with Crippen LogP contribution in [0.25, 0.3) is 88.1 Å². The second-order valence-electron chi connectivity index (χ2n) is 10.5. The molecule has 0 aliphatic rings. The van der Waals surface area contributed by atoms with E-state index in [1.165, 1.54) is 0 Å². The predicted octanol–water partition coefficient (Wildman–Crippen LogP) is 11.4. The highest BCUT2D eigenvalue weighted by Crippen LogP contribution is 2.40. The van der Waals surface area contributed by atoms with E-state index >= 15 is 0 Å². The van der Waals surface area contributed by atoms with Gasteiger partial charge in [0, 0.05) is 43.7 Å². The van der Waals surface area contributed by atoms with Crippen molar-refractivity contribution in [1.29, 1.82) is 0 Å². The number of rotatable bonds is 3. The molecule has 0 aliphatic heterocycles. The minimum Gasteiger partial charge on any atom is -0.454 e. The molecule has 3 aromatic heterocycles. The van der Waals surface area contributed by atoms with E-state index < -0.39 is 125 Å². The molecule has 0 N–H and O–H groups in total. The summed E-state index contributed by atoms with van der Waals surface area (Å²) in [6.07, 6.45) is 0. The minimum atomic E-state index is -0.842. The molecule has 45 heavy (non-hydrogen) atoms. The molecule has 0 atom stereocenters.